The van der Waals surface area contributed by atoms with E-state index in [0.717, 1.165) is 63.3 Å². The van der Waals surface area contributed by atoms with Gasteiger partial charge in [-0.1, -0.05) is 19.9 Å². The van der Waals surface area contributed by atoms with Crippen LogP contribution in [0.3, 0.4) is 0 Å². The first kappa shape index (κ1) is 19.4. The van der Waals surface area contributed by atoms with Crippen molar-refractivity contribution in [2.24, 2.45) is 11.8 Å². The molecule has 0 aliphatic carbocycles. The van der Waals surface area contributed by atoms with Gasteiger partial charge in [-0.2, -0.15) is 0 Å². The van der Waals surface area contributed by atoms with E-state index in [1.54, 1.807) is 0 Å². The lowest BCUT2D eigenvalue weighted by Crippen LogP contribution is -2.50. The van der Waals surface area contributed by atoms with Crippen molar-refractivity contribution in [1.29, 1.82) is 0 Å². The number of thiophene rings is 1. The average Bonchev–Trinajstić information content (AvgIpc) is 3.20. The van der Waals surface area contributed by atoms with Gasteiger partial charge in [-0.25, -0.2) is 0 Å². The van der Waals surface area contributed by atoms with Gasteiger partial charge in [0.25, 0.3) is 5.91 Å². The second kappa shape index (κ2) is 9.00. The lowest BCUT2D eigenvalue weighted by Gasteiger charge is -2.41. The van der Waals surface area contributed by atoms with Gasteiger partial charge < -0.3 is 15.1 Å². The van der Waals surface area contributed by atoms with Crippen LogP contribution in [0.25, 0.3) is 0 Å². The zero-order valence-corrected chi connectivity index (χ0v) is 16.8. The molecular formula is C20H31N3O2S. The molecule has 5 nitrogen and oxygen atoms in total. The smallest absolute Gasteiger partial charge is 0.263 e. The largest absolute Gasteiger partial charge is 0.356 e. The molecule has 2 amide bonds. The third-order valence-electron chi connectivity index (χ3n) is 5.58. The third-order valence-corrected chi connectivity index (χ3v) is 6.44. The Balaban J connectivity index is 1.41. The van der Waals surface area contributed by atoms with Crippen LogP contribution in [0.4, 0.5) is 0 Å². The Morgan fingerprint density at radius 1 is 1.15 bits per heavy atom. The lowest BCUT2D eigenvalue weighted by molar-refractivity contribution is -0.126. The Morgan fingerprint density at radius 2 is 1.85 bits per heavy atom. The summed E-state index contributed by atoms with van der Waals surface area (Å²) < 4.78 is 0. The summed E-state index contributed by atoms with van der Waals surface area (Å²) >= 11 is 1.52. The molecule has 3 rings (SSSR count). The Labute approximate surface area is 160 Å². The summed E-state index contributed by atoms with van der Waals surface area (Å²) in [4.78, 5) is 30.1. The molecule has 0 unspecified atom stereocenters. The summed E-state index contributed by atoms with van der Waals surface area (Å²) in [5, 5.41) is 5.04. The summed E-state index contributed by atoms with van der Waals surface area (Å²) in [5.41, 5.74) is 0. The fraction of sp³-hybridized carbons (Fsp3) is 0.700. The van der Waals surface area contributed by atoms with Crippen LogP contribution in [0.15, 0.2) is 17.5 Å². The van der Waals surface area contributed by atoms with E-state index in [1.807, 2.05) is 22.4 Å². The molecule has 0 atom stereocenters. The van der Waals surface area contributed by atoms with Crippen molar-refractivity contribution in [2.45, 2.75) is 45.6 Å². The number of hydrogen-bond acceptors (Lipinski definition) is 4. The van der Waals surface area contributed by atoms with Crippen molar-refractivity contribution in [3.8, 4) is 0 Å². The van der Waals surface area contributed by atoms with Crippen LogP contribution < -0.4 is 5.32 Å². The van der Waals surface area contributed by atoms with Crippen LogP contribution >= 0.6 is 11.3 Å². The Hall–Kier alpha value is -1.40. The van der Waals surface area contributed by atoms with Gasteiger partial charge in [-0.3, -0.25) is 9.59 Å². The molecule has 0 spiro atoms. The molecule has 1 aromatic heterocycles. The minimum atomic E-state index is 0.172. The van der Waals surface area contributed by atoms with Crippen molar-refractivity contribution >= 4 is 23.2 Å². The topological polar surface area (TPSA) is 52.7 Å². The molecule has 6 heteroatoms. The number of amides is 2. The first-order chi connectivity index (χ1) is 12.5. The van der Waals surface area contributed by atoms with E-state index in [2.05, 4.69) is 24.1 Å². The number of piperidine rings is 2. The monoisotopic (exact) mass is 377 g/mol. The van der Waals surface area contributed by atoms with Gasteiger partial charge in [-0.15, -0.1) is 11.3 Å². The van der Waals surface area contributed by atoms with Gasteiger partial charge in [0.15, 0.2) is 0 Å². The molecule has 3 heterocycles. The SMILES string of the molecule is CC(C)CNC(=O)C1CCN(C2CCN(C(=O)c3cccs3)CC2)CC1. The van der Waals surface area contributed by atoms with Gasteiger partial charge in [0.05, 0.1) is 4.88 Å². The minimum Gasteiger partial charge on any atom is -0.356 e. The summed E-state index contributed by atoms with van der Waals surface area (Å²) in [6.07, 6.45) is 4.00. The number of carbonyl (C=O) groups is 2. The first-order valence-electron chi connectivity index (χ1n) is 9.89. The molecule has 0 saturated carbocycles. The maximum atomic E-state index is 12.4. The highest BCUT2D eigenvalue weighted by atomic mass is 32.1. The molecule has 0 aromatic carbocycles. The Kier molecular flexibility index (Phi) is 6.70. The van der Waals surface area contributed by atoms with Crippen LogP contribution in [0.5, 0.6) is 0 Å². The number of nitrogens with one attached hydrogen (secondary N) is 1. The van der Waals surface area contributed by atoms with E-state index in [9.17, 15) is 9.59 Å². The standard InChI is InChI=1S/C20H31N3O2S/c1-15(2)14-21-19(24)16-5-9-22(10-6-16)17-7-11-23(12-8-17)20(25)18-4-3-13-26-18/h3-4,13,15-17H,5-12,14H2,1-2H3,(H,21,24). The van der Waals surface area contributed by atoms with Crippen molar-refractivity contribution < 1.29 is 9.59 Å². The van der Waals surface area contributed by atoms with E-state index >= 15 is 0 Å². The van der Waals surface area contributed by atoms with E-state index in [1.165, 1.54) is 11.3 Å². The molecule has 2 fully saturated rings. The fourth-order valence-electron chi connectivity index (χ4n) is 3.97. The van der Waals surface area contributed by atoms with Gasteiger partial charge in [-0.05, 0) is 56.1 Å². The number of nitrogens with zero attached hydrogens (tertiary/aromatic N) is 2. The molecule has 2 aliphatic rings. The second-order valence-corrected chi connectivity index (χ2v) is 8.90. The lowest BCUT2D eigenvalue weighted by atomic mass is 9.92. The van der Waals surface area contributed by atoms with Crippen molar-refractivity contribution in [2.75, 3.05) is 32.7 Å². The van der Waals surface area contributed by atoms with Gasteiger partial charge in [0.1, 0.15) is 0 Å². The molecule has 1 N–H and O–H groups in total. The number of carbonyl (C=O) groups excluding carboxylic acids is 2. The van der Waals surface area contributed by atoms with E-state index in [0.29, 0.717) is 12.0 Å². The van der Waals surface area contributed by atoms with Gasteiger partial charge in [0.2, 0.25) is 5.91 Å². The van der Waals surface area contributed by atoms with Crippen LogP contribution in [0.1, 0.15) is 49.2 Å². The molecular weight excluding hydrogens is 346 g/mol. The predicted molar refractivity (Wildman–Crippen MR) is 105 cm³/mol. The van der Waals surface area contributed by atoms with E-state index in [-0.39, 0.29) is 17.7 Å². The summed E-state index contributed by atoms with van der Waals surface area (Å²) in [6, 6.07) is 4.40. The van der Waals surface area contributed by atoms with Crippen molar-refractivity contribution in [1.82, 2.24) is 15.1 Å². The summed E-state index contributed by atoms with van der Waals surface area (Å²) in [5.74, 6) is 1.08. The van der Waals surface area contributed by atoms with Gasteiger partial charge >= 0.3 is 0 Å². The molecule has 2 saturated heterocycles. The van der Waals surface area contributed by atoms with Crippen molar-refractivity contribution in [3.05, 3.63) is 22.4 Å². The number of hydrogen-bond donors (Lipinski definition) is 1. The first-order valence-corrected chi connectivity index (χ1v) is 10.8. The van der Waals surface area contributed by atoms with Crippen LogP contribution in [0.2, 0.25) is 0 Å². The quantitative estimate of drug-likeness (QED) is 0.858. The van der Waals surface area contributed by atoms with E-state index < -0.39 is 0 Å². The molecule has 144 valence electrons. The normalized spacial score (nSPS) is 20.5. The summed E-state index contributed by atoms with van der Waals surface area (Å²) in [7, 11) is 0. The highest BCUT2D eigenvalue weighted by Gasteiger charge is 2.31. The molecule has 0 radical (unpaired) electrons. The second-order valence-electron chi connectivity index (χ2n) is 7.95. The van der Waals surface area contributed by atoms with Gasteiger partial charge in [0, 0.05) is 31.6 Å². The number of likely N-dealkylation sites (tertiary alicyclic amines) is 2. The highest BCUT2D eigenvalue weighted by molar-refractivity contribution is 7.12. The average molecular weight is 378 g/mol. The van der Waals surface area contributed by atoms with Crippen LogP contribution in [-0.4, -0.2) is 60.4 Å². The van der Waals surface area contributed by atoms with Crippen LogP contribution in [-0.2, 0) is 4.79 Å². The molecule has 0 bridgehead atoms. The van der Waals surface area contributed by atoms with E-state index in [4.69, 9.17) is 0 Å². The molecule has 1 aromatic rings. The maximum absolute atomic E-state index is 12.4. The number of rotatable bonds is 5. The summed E-state index contributed by atoms with van der Waals surface area (Å²) in [6.45, 7) is 8.71. The Morgan fingerprint density at radius 3 is 2.42 bits per heavy atom. The minimum absolute atomic E-state index is 0.172. The zero-order valence-electron chi connectivity index (χ0n) is 15.9. The molecule has 2 aliphatic heterocycles. The highest BCUT2D eigenvalue weighted by Crippen LogP contribution is 2.25. The maximum Gasteiger partial charge on any atom is 0.263 e. The van der Waals surface area contributed by atoms with Crippen molar-refractivity contribution in [3.63, 3.8) is 0 Å². The third kappa shape index (κ3) is 4.86. The predicted octanol–water partition coefficient (Wildman–Crippen LogP) is 2.84. The fourth-order valence-corrected chi connectivity index (χ4v) is 4.66. The molecule has 26 heavy (non-hydrogen) atoms. The zero-order chi connectivity index (χ0) is 18.5. The van der Waals surface area contributed by atoms with Crippen LogP contribution in [0, 0.1) is 11.8 Å². The Bertz CT molecular complexity index is 586.